The van der Waals surface area contributed by atoms with Crippen LogP contribution in [0.5, 0.6) is 0 Å². The summed E-state index contributed by atoms with van der Waals surface area (Å²) in [5, 5.41) is 8.62. The summed E-state index contributed by atoms with van der Waals surface area (Å²) in [6.45, 7) is 10.3. The van der Waals surface area contributed by atoms with Crippen molar-refractivity contribution in [3.63, 3.8) is 0 Å². The molecule has 9 nitrogen and oxygen atoms in total. The van der Waals surface area contributed by atoms with Crippen molar-refractivity contribution >= 4 is 33.4 Å². The summed E-state index contributed by atoms with van der Waals surface area (Å²) < 4.78 is 22.3. The van der Waals surface area contributed by atoms with Gasteiger partial charge in [0.05, 0.1) is 33.0 Å². The summed E-state index contributed by atoms with van der Waals surface area (Å²) in [6, 6.07) is 0. The fourth-order valence-electron chi connectivity index (χ4n) is 2.49. The summed E-state index contributed by atoms with van der Waals surface area (Å²) in [6.07, 6.45) is 1.76. The zero-order valence-corrected chi connectivity index (χ0v) is 21.6. The maximum Gasteiger partial charge on any atom is 0.246 e. The highest BCUT2D eigenvalue weighted by Crippen LogP contribution is 2.41. The van der Waals surface area contributed by atoms with Crippen molar-refractivity contribution in [2.45, 2.75) is 44.5 Å². The topological polar surface area (TPSA) is 107 Å². The maximum atomic E-state index is 11.6. The molecular weight excluding hydrogens is 466 g/mol. The molecule has 2 unspecified atom stereocenters. The van der Waals surface area contributed by atoms with Crippen LogP contribution >= 0.6 is 21.6 Å². The van der Waals surface area contributed by atoms with E-state index in [1.807, 2.05) is 20.8 Å². The van der Waals surface area contributed by atoms with Gasteiger partial charge >= 0.3 is 0 Å². The van der Waals surface area contributed by atoms with Gasteiger partial charge in [0.2, 0.25) is 11.8 Å². The molecule has 2 amide bonds. The Balaban J connectivity index is 1.92. The number of amides is 2. The van der Waals surface area contributed by atoms with Gasteiger partial charge in [-0.05, 0) is 19.4 Å². The van der Waals surface area contributed by atoms with E-state index in [9.17, 15) is 9.59 Å². The molecule has 3 N–H and O–H groups in total. The highest BCUT2D eigenvalue weighted by Gasteiger charge is 2.23. The van der Waals surface area contributed by atoms with Gasteiger partial charge in [0.1, 0.15) is 24.1 Å². The second kappa shape index (κ2) is 20.4. The molecule has 1 aliphatic rings. The summed E-state index contributed by atoms with van der Waals surface area (Å²) in [4.78, 5) is 23.2. The van der Waals surface area contributed by atoms with Crippen LogP contribution in [0.25, 0.3) is 0 Å². The van der Waals surface area contributed by atoms with Crippen molar-refractivity contribution in [2.75, 3.05) is 65.8 Å². The monoisotopic (exact) mass is 505 g/mol. The number of nitrogens with one attached hydrogen (secondary N) is 3. The van der Waals surface area contributed by atoms with E-state index in [0.29, 0.717) is 45.4 Å². The average molecular weight is 506 g/mol. The van der Waals surface area contributed by atoms with Crippen molar-refractivity contribution in [2.24, 2.45) is 5.92 Å². The largest absolute Gasteiger partial charge is 0.369 e. The van der Waals surface area contributed by atoms with Gasteiger partial charge in [-0.3, -0.25) is 9.59 Å². The number of hydrogen-bond donors (Lipinski definition) is 3. The standard InChI is InChI=1S/C22H39N3O6S2/c1-4-23-10-11-25-20(27)17-29-13-15-31-22-8-7-21(32-33-22)30-14-12-28-16-19(26)24-9-5-6-18(2)3/h18,21-23H,4,7-17H2,1-3H3,(H,24,26)(H,25,27). The summed E-state index contributed by atoms with van der Waals surface area (Å²) in [7, 11) is 3.28. The Morgan fingerprint density at radius 1 is 0.909 bits per heavy atom. The Labute approximate surface area is 205 Å². The number of rotatable bonds is 17. The normalized spacial score (nSPS) is 17.9. The minimum absolute atomic E-state index is 0.00892. The minimum atomic E-state index is -0.176. The molecule has 0 radical (unpaired) electrons. The van der Waals surface area contributed by atoms with Gasteiger partial charge in [0.15, 0.2) is 0 Å². The molecule has 1 rings (SSSR count). The van der Waals surface area contributed by atoms with E-state index < -0.39 is 0 Å². The first kappa shape index (κ1) is 30.0. The van der Waals surface area contributed by atoms with Gasteiger partial charge in [0, 0.05) is 19.0 Å². The van der Waals surface area contributed by atoms with E-state index in [0.717, 1.165) is 25.9 Å². The van der Waals surface area contributed by atoms with Gasteiger partial charge in [-0.15, -0.1) is 0 Å². The molecule has 1 fully saturated rings. The lowest BCUT2D eigenvalue weighted by atomic mass is 10.2. The van der Waals surface area contributed by atoms with Gasteiger partial charge in [-0.2, -0.15) is 0 Å². The highest BCUT2D eigenvalue weighted by atomic mass is 33.1. The molecule has 1 aliphatic heterocycles. The summed E-state index contributed by atoms with van der Waals surface area (Å²) in [5.74, 6) is 5.89. The lowest BCUT2D eigenvalue weighted by Crippen LogP contribution is -2.34. The molecule has 0 bridgehead atoms. The van der Waals surface area contributed by atoms with E-state index in [-0.39, 0.29) is 35.9 Å². The number of hydrogen-bond acceptors (Lipinski definition) is 9. The first-order valence-electron chi connectivity index (χ1n) is 11.4. The Morgan fingerprint density at radius 2 is 1.48 bits per heavy atom. The van der Waals surface area contributed by atoms with E-state index >= 15 is 0 Å². The lowest BCUT2D eigenvalue weighted by molar-refractivity contribution is -0.127. The Bertz CT molecular complexity index is 592. The lowest BCUT2D eigenvalue weighted by Gasteiger charge is -2.27. The third-order valence-electron chi connectivity index (χ3n) is 4.08. The van der Waals surface area contributed by atoms with Crippen LogP contribution in [0.15, 0.2) is 0 Å². The fourth-order valence-corrected chi connectivity index (χ4v) is 5.16. The Kier molecular flexibility index (Phi) is 18.5. The van der Waals surface area contributed by atoms with Crippen LogP contribution in [0.3, 0.4) is 0 Å². The maximum absolute atomic E-state index is 11.6. The number of likely N-dealkylation sites (N-methyl/N-ethyl adjacent to an activating group) is 1. The second-order valence-corrected chi connectivity index (χ2v) is 10.0. The molecule has 0 spiro atoms. The average Bonchev–Trinajstić information content (AvgIpc) is 2.80. The number of ether oxygens (including phenoxy) is 4. The molecule has 0 aliphatic carbocycles. The zero-order valence-electron chi connectivity index (χ0n) is 20.0. The molecule has 11 heteroatoms. The minimum Gasteiger partial charge on any atom is -0.369 e. The smallest absolute Gasteiger partial charge is 0.246 e. The van der Waals surface area contributed by atoms with Crippen LogP contribution in [-0.4, -0.2) is 88.5 Å². The van der Waals surface area contributed by atoms with E-state index in [4.69, 9.17) is 18.9 Å². The zero-order chi connectivity index (χ0) is 24.2. The van der Waals surface area contributed by atoms with Crippen LogP contribution < -0.4 is 16.0 Å². The summed E-state index contributed by atoms with van der Waals surface area (Å²) >= 11 is 0. The fraction of sp³-hybridized carbons (Fsp3) is 0.818. The van der Waals surface area contributed by atoms with Crippen molar-refractivity contribution in [3.05, 3.63) is 0 Å². The molecule has 0 aromatic carbocycles. The van der Waals surface area contributed by atoms with Gasteiger partial charge < -0.3 is 34.9 Å². The molecule has 190 valence electrons. The third kappa shape index (κ3) is 18.1. The molecule has 1 heterocycles. The van der Waals surface area contributed by atoms with Crippen molar-refractivity contribution in [3.8, 4) is 11.8 Å². The molecule has 0 saturated carbocycles. The Hall–Kier alpha value is -1.00. The number of carbonyl (C=O) groups is 2. The molecular formula is C22H39N3O6S2. The van der Waals surface area contributed by atoms with Crippen LogP contribution in [0.1, 0.15) is 33.6 Å². The van der Waals surface area contributed by atoms with Crippen LogP contribution in [0.2, 0.25) is 0 Å². The summed E-state index contributed by atoms with van der Waals surface area (Å²) in [5.41, 5.74) is 0.173. The van der Waals surface area contributed by atoms with Crippen molar-refractivity contribution in [1.29, 1.82) is 0 Å². The van der Waals surface area contributed by atoms with Crippen LogP contribution in [0.4, 0.5) is 0 Å². The highest BCUT2D eigenvalue weighted by molar-refractivity contribution is 8.77. The van der Waals surface area contributed by atoms with Crippen LogP contribution in [-0.2, 0) is 28.5 Å². The quantitative estimate of drug-likeness (QED) is 0.154. The Morgan fingerprint density at radius 3 is 2.00 bits per heavy atom. The number of carbonyl (C=O) groups excluding carboxylic acids is 2. The molecule has 33 heavy (non-hydrogen) atoms. The van der Waals surface area contributed by atoms with E-state index in [1.165, 1.54) is 0 Å². The molecule has 0 aromatic heterocycles. The predicted molar refractivity (Wildman–Crippen MR) is 133 cm³/mol. The first-order valence-corrected chi connectivity index (χ1v) is 13.7. The third-order valence-corrected chi connectivity index (χ3v) is 6.98. The SMILES string of the molecule is CCNCCNC(=O)COCCOC1CCC(OCCOCC(=O)NCC#CC(C)C)SS1. The molecule has 2 atom stereocenters. The van der Waals surface area contributed by atoms with Gasteiger partial charge in [0.25, 0.3) is 0 Å². The van der Waals surface area contributed by atoms with E-state index in [1.54, 1.807) is 21.6 Å². The van der Waals surface area contributed by atoms with Gasteiger partial charge in [-0.25, -0.2) is 0 Å². The van der Waals surface area contributed by atoms with Crippen molar-refractivity contribution < 1.29 is 28.5 Å². The van der Waals surface area contributed by atoms with Crippen molar-refractivity contribution in [1.82, 2.24) is 16.0 Å². The first-order chi connectivity index (χ1) is 16.0. The second-order valence-electron chi connectivity index (χ2n) is 7.43. The predicted octanol–water partition coefficient (Wildman–Crippen LogP) is 1.38. The molecule has 1 saturated heterocycles. The van der Waals surface area contributed by atoms with E-state index in [2.05, 4.69) is 27.8 Å². The molecule has 0 aromatic rings. The van der Waals surface area contributed by atoms with Crippen LogP contribution in [0, 0.1) is 17.8 Å². The van der Waals surface area contributed by atoms with Gasteiger partial charge in [-0.1, -0.05) is 54.2 Å².